The first-order valence-electron chi connectivity index (χ1n) is 6.25. The number of H-pyrrole nitrogens is 2. The molecule has 1 aromatic heterocycles. The van der Waals surface area contributed by atoms with E-state index in [2.05, 4.69) is 20.5 Å². The molecular formula is C13H15FN4O2. The van der Waals surface area contributed by atoms with Crippen LogP contribution < -0.4 is 11.0 Å². The number of aryl methyl sites for hydroxylation is 1. The molecule has 20 heavy (non-hydrogen) atoms. The fourth-order valence-corrected chi connectivity index (χ4v) is 1.93. The van der Waals surface area contributed by atoms with Crippen LogP contribution in [0.25, 0.3) is 0 Å². The maximum atomic E-state index is 13.6. The molecule has 0 spiro atoms. The van der Waals surface area contributed by atoms with E-state index in [1.54, 1.807) is 12.1 Å². The van der Waals surface area contributed by atoms with Crippen molar-refractivity contribution in [2.45, 2.75) is 19.8 Å². The third-order valence-corrected chi connectivity index (χ3v) is 2.82. The number of nitrogens with zero attached hydrogens (tertiary/aromatic N) is 1. The van der Waals surface area contributed by atoms with Crippen LogP contribution in [0.4, 0.5) is 10.1 Å². The lowest BCUT2D eigenvalue weighted by Gasteiger charge is -2.10. The zero-order chi connectivity index (χ0) is 14.5. The van der Waals surface area contributed by atoms with Crippen molar-refractivity contribution in [1.82, 2.24) is 15.2 Å². The van der Waals surface area contributed by atoms with E-state index in [4.69, 9.17) is 0 Å². The predicted molar refractivity (Wildman–Crippen MR) is 72.4 cm³/mol. The van der Waals surface area contributed by atoms with Gasteiger partial charge in [0.1, 0.15) is 11.6 Å². The fourth-order valence-electron chi connectivity index (χ4n) is 1.93. The van der Waals surface area contributed by atoms with Crippen LogP contribution in [0.1, 0.15) is 29.5 Å². The highest BCUT2D eigenvalue weighted by molar-refractivity contribution is 5.99. The first-order valence-corrected chi connectivity index (χ1v) is 6.25. The third-order valence-electron chi connectivity index (χ3n) is 2.82. The number of ketones is 1. The molecule has 0 fully saturated rings. The van der Waals surface area contributed by atoms with Crippen LogP contribution in [0.3, 0.4) is 0 Å². The van der Waals surface area contributed by atoms with E-state index in [1.807, 2.05) is 0 Å². The van der Waals surface area contributed by atoms with E-state index >= 15 is 0 Å². The number of anilines is 1. The van der Waals surface area contributed by atoms with Gasteiger partial charge in [0.05, 0.1) is 5.56 Å². The first-order chi connectivity index (χ1) is 9.58. The number of carbonyl (C=O) groups is 1. The quantitative estimate of drug-likeness (QED) is 0.551. The lowest BCUT2D eigenvalue weighted by molar-refractivity contribution is 0.101. The summed E-state index contributed by atoms with van der Waals surface area (Å²) in [6.07, 6.45) is 1.27. The molecule has 0 radical (unpaired) electrons. The van der Waals surface area contributed by atoms with Crippen molar-refractivity contribution in [3.63, 3.8) is 0 Å². The third kappa shape index (κ3) is 3.31. The van der Waals surface area contributed by atoms with Crippen molar-refractivity contribution in [3.8, 4) is 0 Å². The lowest BCUT2D eigenvalue weighted by Crippen LogP contribution is -2.09. The summed E-state index contributed by atoms with van der Waals surface area (Å²) < 4.78 is 13.6. The lowest BCUT2D eigenvalue weighted by atomic mass is 10.1. The zero-order valence-corrected chi connectivity index (χ0v) is 11.0. The minimum absolute atomic E-state index is 0.0701. The highest BCUT2D eigenvalue weighted by atomic mass is 19.1. The molecule has 0 unspecified atom stereocenters. The summed E-state index contributed by atoms with van der Waals surface area (Å²) in [6, 6.07) is 4.47. The summed E-state index contributed by atoms with van der Waals surface area (Å²) in [4.78, 5) is 24.8. The SMILES string of the molecule is CC(=O)c1c(F)cccc1NCCCc1n[nH]c(=O)[nH]1. The summed E-state index contributed by atoms with van der Waals surface area (Å²) in [5.41, 5.74) is 0.214. The van der Waals surface area contributed by atoms with Crippen LogP contribution >= 0.6 is 0 Å². The molecule has 0 amide bonds. The number of hydrogen-bond donors (Lipinski definition) is 3. The van der Waals surface area contributed by atoms with Gasteiger partial charge >= 0.3 is 5.69 Å². The minimum atomic E-state index is -0.529. The van der Waals surface area contributed by atoms with Gasteiger partial charge in [0, 0.05) is 18.7 Å². The molecule has 0 saturated heterocycles. The largest absolute Gasteiger partial charge is 0.384 e. The van der Waals surface area contributed by atoms with Gasteiger partial charge in [0.25, 0.3) is 0 Å². The van der Waals surface area contributed by atoms with Gasteiger partial charge in [-0.1, -0.05) is 6.07 Å². The second-order valence-electron chi connectivity index (χ2n) is 4.37. The van der Waals surface area contributed by atoms with Gasteiger partial charge < -0.3 is 5.32 Å². The Morgan fingerprint density at radius 3 is 2.90 bits per heavy atom. The summed E-state index contributed by atoms with van der Waals surface area (Å²) in [5, 5.41) is 9.09. The molecule has 106 valence electrons. The summed E-state index contributed by atoms with van der Waals surface area (Å²) in [6.45, 7) is 1.87. The fraction of sp³-hybridized carbons (Fsp3) is 0.308. The molecule has 1 heterocycles. The zero-order valence-electron chi connectivity index (χ0n) is 11.0. The second kappa shape index (κ2) is 6.14. The van der Waals surface area contributed by atoms with Crippen LogP contribution in [-0.4, -0.2) is 27.5 Å². The molecular weight excluding hydrogens is 263 g/mol. The predicted octanol–water partition coefficient (Wildman–Crippen LogP) is 1.48. The average Bonchev–Trinajstić information content (AvgIpc) is 2.80. The van der Waals surface area contributed by atoms with Crippen LogP contribution in [0.15, 0.2) is 23.0 Å². The minimum Gasteiger partial charge on any atom is -0.384 e. The summed E-state index contributed by atoms with van der Waals surface area (Å²) in [7, 11) is 0. The van der Waals surface area contributed by atoms with Crippen molar-refractivity contribution in [2.24, 2.45) is 0 Å². The molecule has 2 rings (SSSR count). The molecule has 6 nitrogen and oxygen atoms in total. The molecule has 1 aromatic carbocycles. The van der Waals surface area contributed by atoms with E-state index in [0.717, 1.165) is 0 Å². The van der Waals surface area contributed by atoms with Gasteiger partial charge in [-0.2, -0.15) is 5.10 Å². The number of benzene rings is 1. The van der Waals surface area contributed by atoms with Gasteiger partial charge in [0.2, 0.25) is 0 Å². The van der Waals surface area contributed by atoms with Gasteiger partial charge in [-0.25, -0.2) is 14.3 Å². The van der Waals surface area contributed by atoms with Crippen molar-refractivity contribution in [1.29, 1.82) is 0 Å². The second-order valence-corrected chi connectivity index (χ2v) is 4.37. The van der Waals surface area contributed by atoms with Crippen LogP contribution in [0, 0.1) is 5.82 Å². The average molecular weight is 278 g/mol. The first kappa shape index (κ1) is 14.0. The van der Waals surface area contributed by atoms with Crippen molar-refractivity contribution in [3.05, 3.63) is 45.9 Å². The maximum Gasteiger partial charge on any atom is 0.340 e. The smallest absolute Gasteiger partial charge is 0.340 e. The highest BCUT2D eigenvalue weighted by Gasteiger charge is 2.12. The van der Waals surface area contributed by atoms with Crippen LogP contribution in [0.2, 0.25) is 0 Å². The molecule has 0 bridgehead atoms. The standard InChI is InChI=1S/C13H15FN4O2/c1-8(19)12-9(14)4-2-5-10(12)15-7-3-6-11-16-13(20)18-17-11/h2,4-5,15H,3,6-7H2,1H3,(H2,16,17,18,20). The number of carbonyl (C=O) groups excluding carboxylic acids is 1. The Morgan fingerprint density at radius 1 is 1.45 bits per heavy atom. The van der Waals surface area contributed by atoms with E-state index in [-0.39, 0.29) is 17.0 Å². The number of rotatable bonds is 6. The van der Waals surface area contributed by atoms with Gasteiger partial charge in [0.15, 0.2) is 5.78 Å². The number of Topliss-reactive ketones (excluding diaryl/α,β-unsaturated/α-hetero) is 1. The number of hydrogen-bond acceptors (Lipinski definition) is 4. The monoisotopic (exact) mass is 278 g/mol. The van der Waals surface area contributed by atoms with E-state index in [9.17, 15) is 14.0 Å². The molecule has 0 aliphatic carbocycles. The Labute approximate surface area is 114 Å². The van der Waals surface area contributed by atoms with Gasteiger partial charge in [-0.05, 0) is 25.5 Å². The molecule has 3 N–H and O–H groups in total. The Kier molecular flexibility index (Phi) is 4.29. The Hall–Kier alpha value is -2.44. The topological polar surface area (TPSA) is 90.6 Å². The van der Waals surface area contributed by atoms with E-state index in [0.29, 0.717) is 30.9 Å². The Balaban J connectivity index is 1.93. The van der Waals surface area contributed by atoms with Gasteiger partial charge in [-0.3, -0.25) is 9.78 Å². The maximum absolute atomic E-state index is 13.6. The number of aromatic nitrogens is 3. The van der Waals surface area contributed by atoms with Crippen molar-refractivity contribution >= 4 is 11.5 Å². The molecule has 0 aliphatic rings. The number of halogens is 1. The van der Waals surface area contributed by atoms with Crippen LogP contribution in [-0.2, 0) is 6.42 Å². The Bertz CT molecular complexity index is 662. The van der Waals surface area contributed by atoms with E-state index in [1.165, 1.54) is 13.0 Å². The number of aromatic amines is 2. The van der Waals surface area contributed by atoms with Crippen molar-refractivity contribution in [2.75, 3.05) is 11.9 Å². The Morgan fingerprint density at radius 2 is 2.25 bits per heavy atom. The summed E-state index contributed by atoms with van der Waals surface area (Å²) >= 11 is 0. The van der Waals surface area contributed by atoms with Crippen molar-refractivity contribution < 1.29 is 9.18 Å². The van der Waals surface area contributed by atoms with Gasteiger partial charge in [-0.15, -0.1) is 0 Å². The molecule has 2 aromatic rings. The molecule has 0 aliphatic heterocycles. The normalized spacial score (nSPS) is 10.5. The number of nitrogens with one attached hydrogen (secondary N) is 3. The van der Waals surface area contributed by atoms with Crippen LogP contribution in [0.5, 0.6) is 0 Å². The van der Waals surface area contributed by atoms with E-state index < -0.39 is 5.82 Å². The molecule has 0 saturated carbocycles. The highest BCUT2D eigenvalue weighted by Crippen LogP contribution is 2.19. The molecule has 7 heteroatoms. The summed E-state index contributed by atoms with van der Waals surface area (Å²) in [5.74, 6) is -0.274. The molecule has 0 atom stereocenters.